The average molecular weight is 179 g/mol. The van der Waals surface area contributed by atoms with E-state index in [0.717, 1.165) is 11.3 Å². The van der Waals surface area contributed by atoms with Gasteiger partial charge in [0.25, 0.3) is 0 Å². The largest absolute Gasteiger partial charge is 0.392 e. The maximum atomic E-state index is 9.11. The summed E-state index contributed by atoms with van der Waals surface area (Å²) in [7, 11) is 2.00. The predicted molar refractivity (Wildman–Crippen MR) is 55.3 cm³/mol. The van der Waals surface area contributed by atoms with Crippen LogP contribution in [-0.2, 0) is 7.05 Å². The number of hydrogen-bond acceptors (Lipinski definition) is 1. The van der Waals surface area contributed by atoms with E-state index in [2.05, 4.69) is 13.8 Å². The van der Waals surface area contributed by atoms with E-state index in [1.165, 1.54) is 0 Å². The third-order valence-electron chi connectivity index (χ3n) is 2.24. The minimum atomic E-state index is 0.142. The van der Waals surface area contributed by atoms with Crippen LogP contribution < -0.4 is 0 Å². The number of aryl methyl sites for hydroxylation is 1. The highest BCUT2D eigenvalue weighted by atomic mass is 16.3. The van der Waals surface area contributed by atoms with Crippen molar-refractivity contribution in [2.24, 2.45) is 13.0 Å². The molecular weight excluding hydrogens is 162 g/mol. The molecule has 0 amide bonds. The normalized spacial score (nSPS) is 12.5. The molecule has 0 aromatic carbocycles. The first-order valence-corrected chi connectivity index (χ1v) is 4.57. The third-order valence-corrected chi connectivity index (χ3v) is 2.24. The molecule has 1 aromatic rings. The van der Waals surface area contributed by atoms with Crippen molar-refractivity contribution in [1.29, 1.82) is 0 Å². The van der Waals surface area contributed by atoms with Crippen LogP contribution in [0.3, 0.4) is 0 Å². The molecule has 1 N–H and O–H groups in total. The third kappa shape index (κ3) is 2.46. The van der Waals surface area contributed by atoms with Crippen molar-refractivity contribution < 1.29 is 5.11 Å². The highest BCUT2D eigenvalue weighted by Crippen LogP contribution is 2.13. The Balaban J connectivity index is 2.91. The second-order valence-corrected chi connectivity index (χ2v) is 3.58. The Morgan fingerprint density at radius 1 is 1.62 bits per heavy atom. The van der Waals surface area contributed by atoms with Crippen molar-refractivity contribution in [2.45, 2.75) is 13.8 Å². The van der Waals surface area contributed by atoms with Gasteiger partial charge >= 0.3 is 0 Å². The molecule has 0 radical (unpaired) electrons. The molecular formula is C11H17NO. The van der Waals surface area contributed by atoms with Gasteiger partial charge in [0.15, 0.2) is 0 Å². The monoisotopic (exact) mass is 179 g/mol. The van der Waals surface area contributed by atoms with E-state index in [-0.39, 0.29) is 6.61 Å². The second kappa shape index (κ2) is 4.28. The van der Waals surface area contributed by atoms with Gasteiger partial charge in [-0.25, -0.2) is 0 Å². The van der Waals surface area contributed by atoms with E-state index in [0.29, 0.717) is 5.92 Å². The lowest BCUT2D eigenvalue weighted by Gasteiger charge is -2.08. The molecule has 0 fully saturated rings. The van der Waals surface area contributed by atoms with Crippen LogP contribution in [0.4, 0.5) is 0 Å². The predicted octanol–water partition coefficient (Wildman–Crippen LogP) is 2.06. The smallest absolute Gasteiger partial charge is 0.0648 e. The zero-order chi connectivity index (χ0) is 9.84. The number of hydrogen-bond donors (Lipinski definition) is 1. The molecule has 0 aliphatic heterocycles. The molecule has 1 rings (SSSR count). The van der Waals surface area contributed by atoms with Crippen LogP contribution in [-0.4, -0.2) is 16.3 Å². The molecule has 0 aliphatic carbocycles. The van der Waals surface area contributed by atoms with Crippen LogP contribution in [0.5, 0.6) is 0 Å². The first kappa shape index (κ1) is 10.1. The fraction of sp³-hybridized carbons (Fsp3) is 0.455. The topological polar surface area (TPSA) is 25.2 Å². The summed E-state index contributed by atoms with van der Waals surface area (Å²) in [6.07, 6.45) is 4.05. The van der Waals surface area contributed by atoms with Gasteiger partial charge in [0.2, 0.25) is 0 Å². The lowest BCUT2D eigenvalue weighted by molar-refractivity contribution is 0.320. The van der Waals surface area contributed by atoms with Crippen molar-refractivity contribution in [3.8, 4) is 0 Å². The molecule has 0 spiro atoms. The van der Waals surface area contributed by atoms with Crippen LogP contribution in [0, 0.1) is 5.92 Å². The van der Waals surface area contributed by atoms with E-state index in [9.17, 15) is 0 Å². The maximum absolute atomic E-state index is 9.11. The van der Waals surface area contributed by atoms with E-state index in [4.69, 9.17) is 5.11 Å². The summed E-state index contributed by atoms with van der Waals surface area (Å²) in [4.78, 5) is 0. The lowest BCUT2D eigenvalue weighted by Crippen LogP contribution is -2.00. The van der Waals surface area contributed by atoms with Crippen LogP contribution in [0.2, 0.25) is 0 Å². The summed E-state index contributed by atoms with van der Waals surface area (Å²) in [5, 5.41) is 9.11. The summed E-state index contributed by atoms with van der Waals surface area (Å²) in [5.74, 6) is 0.403. The quantitative estimate of drug-likeness (QED) is 0.755. The molecule has 2 nitrogen and oxygen atoms in total. The van der Waals surface area contributed by atoms with Crippen LogP contribution >= 0.6 is 0 Å². The Labute approximate surface area is 79.5 Å². The van der Waals surface area contributed by atoms with E-state index in [1.54, 1.807) is 0 Å². The van der Waals surface area contributed by atoms with Gasteiger partial charge < -0.3 is 9.67 Å². The van der Waals surface area contributed by atoms with Crippen molar-refractivity contribution in [3.05, 3.63) is 29.6 Å². The Morgan fingerprint density at radius 2 is 2.31 bits per heavy atom. The molecule has 0 bridgehead atoms. The molecule has 0 saturated heterocycles. The molecule has 1 aromatic heterocycles. The van der Waals surface area contributed by atoms with E-state index < -0.39 is 0 Å². The standard InChI is InChI=1S/C11H17NO/c1-9(2)10(8-13)7-11-5-4-6-12(11)3/h4-7,9,13H,8H2,1-3H3. The minimum Gasteiger partial charge on any atom is -0.392 e. The molecule has 72 valence electrons. The highest BCUT2D eigenvalue weighted by molar-refractivity contribution is 5.50. The molecule has 0 saturated carbocycles. The molecule has 0 unspecified atom stereocenters. The zero-order valence-corrected chi connectivity index (χ0v) is 8.49. The molecule has 1 heterocycles. The zero-order valence-electron chi connectivity index (χ0n) is 8.49. The fourth-order valence-electron chi connectivity index (χ4n) is 1.21. The van der Waals surface area contributed by atoms with Crippen molar-refractivity contribution in [2.75, 3.05) is 6.61 Å². The molecule has 2 heteroatoms. The van der Waals surface area contributed by atoms with Gasteiger partial charge in [-0.1, -0.05) is 13.8 Å². The first-order valence-electron chi connectivity index (χ1n) is 4.57. The SMILES string of the molecule is CC(C)C(=Cc1cccn1C)CO. The summed E-state index contributed by atoms with van der Waals surface area (Å²) in [5.41, 5.74) is 2.21. The Hall–Kier alpha value is -1.02. The number of aliphatic hydroxyl groups is 1. The van der Waals surface area contributed by atoms with Gasteiger partial charge in [0.05, 0.1) is 6.61 Å². The van der Waals surface area contributed by atoms with Gasteiger partial charge in [-0.3, -0.25) is 0 Å². The highest BCUT2D eigenvalue weighted by Gasteiger charge is 2.02. The maximum Gasteiger partial charge on any atom is 0.0648 e. The van der Waals surface area contributed by atoms with Gasteiger partial charge in [0.1, 0.15) is 0 Å². The van der Waals surface area contributed by atoms with Gasteiger partial charge in [-0.15, -0.1) is 0 Å². The number of rotatable bonds is 3. The van der Waals surface area contributed by atoms with Crippen LogP contribution in [0.1, 0.15) is 19.5 Å². The molecule has 0 aliphatic rings. The van der Waals surface area contributed by atoms with Crippen molar-refractivity contribution in [1.82, 2.24) is 4.57 Å². The van der Waals surface area contributed by atoms with E-state index >= 15 is 0 Å². The number of nitrogens with zero attached hydrogens (tertiary/aromatic N) is 1. The summed E-state index contributed by atoms with van der Waals surface area (Å²) >= 11 is 0. The first-order chi connectivity index (χ1) is 6.15. The van der Waals surface area contributed by atoms with Crippen molar-refractivity contribution >= 4 is 6.08 Å². The Bertz CT molecular complexity index is 297. The van der Waals surface area contributed by atoms with E-state index in [1.807, 2.05) is 36.0 Å². The number of aliphatic hydroxyl groups excluding tert-OH is 1. The van der Waals surface area contributed by atoms with Gasteiger partial charge in [-0.05, 0) is 29.7 Å². The summed E-state index contributed by atoms with van der Waals surface area (Å²) < 4.78 is 2.04. The van der Waals surface area contributed by atoms with Gasteiger partial charge in [0, 0.05) is 18.9 Å². The molecule has 0 atom stereocenters. The number of aromatic nitrogens is 1. The Morgan fingerprint density at radius 3 is 2.69 bits per heavy atom. The van der Waals surface area contributed by atoms with Crippen molar-refractivity contribution in [3.63, 3.8) is 0 Å². The molecule has 13 heavy (non-hydrogen) atoms. The fourth-order valence-corrected chi connectivity index (χ4v) is 1.21. The summed E-state index contributed by atoms with van der Waals surface area (Å²) in [6.45, 7) is 4.32. The van der Waals surface area contributed by atoms with Crippen LogP contribution in [0.25, 0.3) is 6.08 Å². The minimum absolute atomic E-state index is 0.142. The second-order valence-electron chi connectivity index (χ2n) is 3.58. The van der Waals surface area contributed by atoms with Gasteiger partial charge in [-0.2, -0.15) is 0 Å². The summed E-state index contributed by atoms with van der Waals surface area (Å²) in [6, 6.07) is 4.04. The lowest BCUT2D eigenvalue weighted by atomic mass is 10.0. The van der Waals surface area contributed by atoms with Crippen LogP contribution in [0.15, 0.2) is 23.9 Å². The average Bonchev–Trinajstić information content (AvgIpc) is 2.46. The Kier molecular flexibility index (Phi) is 3.32.